The van der Waals surface area contributed by atoms with E-state index in [9.17, 15) is 0 Å². The van der Waals surface area contributed by atoms with E-state index in [1.165, 1.54) is 25.7 Å². The molecule has 0 aromatic heterocycles. The van der Waals surface area contributed by atoms with Gasteiger partial charge >= 0.3 is 0 Å². The monoisotopic (exact) mass is 141 g/mol. The van der Waals surface area contributed by atoms with Gasteiger partial charge in [0.25, 0.3) is 0 Å². The summed E-state index contributed by atoms with van der Waals surface area (Å²) in [5, 5.41) is 0. The molecular weight excluding hydrogens is 122 g/mol. The van der Waals surface area contributed by atoms with Gasteiger partial charge in [0.1, 0.15) is 0 Å². The van der Waals surface area contributed by atoms with Crippen LogP contribution in [0.15, 0.2) is 0 Å². The highest BCUT2D eigenvalue weighted by Crippen LogP contribution is 2.45. The Balaban J connectivity index is 2.37. The molecule has 1 heteroatoms. The van der Waals surface area contributed by atoms with Crippen molar-refractivity contribution in [1.82, 2.24) is 0 Å². The minimum Gasteiger partial charge on any atom is -0.326 e. The quantitative estimate of drug-likeness (QED) is 0.627. The Morgan fingerprint density at radius 1 is 1.40 bits per heavy atom. The zero-order valence-electron chi connectivity index (χ0n) is 7.41. The summed E-state index contributed by atoms with van der Waals surface area (Å²) in [5.74, 6) is 0. The second-order valence-electron chi connectivity index (χ2n) is 4.83. The van der Waals surface area contributed by atoms with E-state index in [2.05, 4.69) is 20.8 Å². The normalized spacial score (nSPS) is 24.0. The zero-order chi connectivity index (χ0) is 7.83. The van der Waals surface area contributed by atoms with Crippen LogP contribution in [0, 0.1) is 5.41 Å². The van der Waals surface area contributed by atoms with Crippen molar-refractivity contribution in [3.05, 3.63) is 0 Å². The van der Waals surface area contributed by atoms with Crippen LogP contribution in [0.4, 0.5) is 0 Å². The van der Waals surface area contributed by atoms with Crippen LogP contribution in [-0.2, 0) is 0 Å². The van der Waals surface area contributed by atoms with Gasteiger partial charge in [-0.1, -0.05) is 13.3 Å². The Morgan fingerprint density at radius 2 is 1.90 bits per heavy atom. The van der Waals surface area contributed by atoms with Gasteiger partial charge in [0, 0.05) is 5.54 Å². The summed E-state index contributed by atoms with van der Waals surface area (Å²) in [7, 11) is 0. The third kappa shape index (κ3) is 1.98. The highest BCUT2D eigenvalue weighted by atomic mass is 14.7. The van der Waals surface area contributed by atoms with Crippen LogP contribution in [-0.4, -0.2) is 5.54 Å². The van der Waals surface area contributed by atoms with Gasteiger partial charge in [-0.3, -0.25) is 0 Å². The summed E-state index contributed by atoms with van der Waals surface area (Å²) < 4.78 is 0. The number of hydrogen-bond donors (Lipinski definition) is 1. The van der Waals surface area contributed by atoms with E-state index in [0.29, 0.717) is 5.41 Å². The van der Waals surface area contributed by atoms with Crippen LogP contribution in [0.1, 0.15) is 46.5 Å². The average molecular weight is 141 g/mol. The molecule has 0 spiro atoms. The summed E-state index contributed by atoms with van der Waals surface area (Å²) >= 11 is 0. The third-order valence-electron chi connectivity index (χ3n) is 2.44. The van der Waals surface area contributed by atoms with Crippen molar-refractivity contribution in [2.75, 3.05) is 0 Å². The average Bonchev–Trinajstić information content (AvgIpc) is 1.57. The van der Waals surface area contributed by atoms with E-state index in [1.807, 2.05) is 0 Å². The lowest BCUT2D eigenvalue weighted by atomic mass is 9.65. The number of rotatable bonds is 2. The zero-order valence-corrected chi connectivity index (χ0v) is 7.41. The van der Waals surface area contributed by atoms with E-state index >= 15 is 0 Å². The molecule has 1 saturated carbocycles. The first-order valence-corrected chi connectivity index (χ1v) is 4.20. The molecule has 0 heterocycles. The van der Waals surface area contributed by atoms with Crippen LogP contribution in [0.3, 0.4) is 0 Å². The van der Waals surface area contributed by atoms with Crippen molar-refractivity contribution in [2.45, 2.75) is 52.0 Å². The van der Waals surface area contributed by atoms with Crippen LogP contribution in [0.25, 0.3) is 0 Å². The first-order chi connectivity index (χ1) is 4.41. The second kappa shape index (κ2) is 2.23. The van der Waals surface area contributed by atoms with Gasteiger partial charge in [-0.2, -0.15) is 0 Å². The molecule has 0 radical (unpaired) electrons. The van der Waals surface area contributed by atoms with Gasteiger partial charge in [0.05, 0.1) is 0 Å². The highest BCUT2D eigenvalue weighted by Gasteiger charge is 2.35. The van der Waals surface area contributed by atoms with Gasteiger partial charge in [0.2, 0.25) is 0 Å². The lowest BCUT2D eigenvalue weighted by Crippen LogP contribution is -2.41. The van der Waals surface area contributed by atoms with E-state index in [0.717, 1.165) is 0 Å². The van der Waals surface area contributed by atoms with Crippen molar-refractivity contribution in [2.24, 2.45) is 11.1 Å². The lowest BCUT2D eigenvalue weighted by molar-refractivity contribution is 0.115. The van der Waals surface area contributed by atoms with E-state index in [4.69, 9.17) is 5.73 Å². The summed E-state index contributed by atoms with van der Waals surface area (Å²) in [4.78, 5) is 0. The second-order valence-corrected chi connectivity index (χ2v) is 4.83. The molecule has 1 fully saturated rings. The molecule has 0 saturated heterocycles. The molecule has 1 aliphatic rings. The molecule has 0 aromatic carbocycles. The number of hydrogen-bond acceptors (Lipinski definition) is 1. The first kappa shape index (κ1) is 8.06. The smallest absolute Gasteiger partial charge is 0.0102 e. The Labute approximate surface area is 64.0 Å². The maximum absolute atomic E-state index is 5.93. The molecule has 1 rings (SSSR count). The molecule has 0 bridgehead atoms. The van der Waals surface area contributed by atoms with Gasteiger partial charge in [0.15, 0.2) is 0 Å². The molecular formula is C9H19N. The van der Waals surface area contributed by atoms with E-state index < -0.39 is 0 Å². The van der Waals surface area contributed by atoms with Gasteiger partial charge in [-0.05, 0) is 38.5 Å². The summed E-state index contributed by atoms with van der Waals surface area (Å²) in [5.41, 5.74) is 6.55. The van der Waals surface area contributed by atoms with Crippen LogP contribution in [0.5, 0.6) is 0 Å². The SMILES string of the molecule is CC(C)(N)CC1(C)CCC1. The molecule has 0 aliphatic heterocycles. The minimum absolute atomic E-state index is 0.0369. The largest absolute Gasteiger partial charge is 0.326 e. The van der Waals surface area contributed by atoms with Crippen molar-refractivity contribution < 1.29 is 0 Å². The molecule has 60 valence electrons. The van der Waals surface area contributed by atoms with Crippen LogP contribution in [0.2, 0.25) is 0 Å². The van der Waals surface area contributed by atoms with Gasteiger partial charge in [-0.15, -0.1) is 0 Å². The Bertz CT molecular complexity index is 117. The summed E-state index contributed by atoms with van der Waals surface area (Å²) in [6.45, 7) is 6.60. The fourth-order valence-corrected chi connectivity index (χ4v) is 2.06. The minimum atomic E-state index is 0.0369. The van der Waals surface area contributed by atoms with Crippen molar-refractivity contribution in [1.29, 1.82) is 0 Å². The standard InChI is InChI=1S/C9H19N/c1-8(2,10)7-9(3)5-4-6-9/h4-7,10H2,1-3H3. The molecule has 1 nitrogen and oxygen atoms in total. The first-order valence-electron chi connectivity index (χ1n) is 4.20. The van der Waals surface area contributed by atoms with E-state index in [-0.39, 0.29) is 5.54 Å². The molecule has 10 heavy (non-hydrogen) atoms. The predicted molar refractivity (Wildman–Crippen MR) is 44.8 cm³/mol. The molecule has 0 atom stereocenters. The summed E-state index contributed by atoms with van der Waals surface area (Å²) in [6.07, 6.45) is 5.36. The maximum Gasteiger partial charge on any atom is 0.0102 e. The molecule has 0 amide bonds. The van der Waals surface area contributed by atoms with Gasteiger partial charge < -0.3 is 5.73 Å². The fourth-order valence-electron chi connectivity index (χ4n) is 2.06. The predicted octanol–water partition coefficient (Wildman–Crippen LogP) is 2.30. The topological polar surface area (TPSA) is 26.0 Å². The highest BCUT2D eigenvalue weighted by molar-refractivity contribution is 4.90. The van der Waals surface area contributed by atoms with Crippen molar-refractivity contribution in [3.8, 4) is 0 Å². The molecule has 2 N–H and O–H groups in total. The lowest BCUT2D eigenvalue weighted by Gasteiger charge is -2.42. The van der Waals surface area contributed by atoms with Crippen LogP contribution < -0.4 is 5.73 Å². The van der Waals surface area contributed by atoms with Crippen molar-refractivity contribution in [3.63, 3.8) is 0 Å². The maximum atomic E-state index is 5.93. The fraction of sp³-hybridized carbons (Fsp3) is 1.00. The molecule has 0 unspecified atom stereocenters. The van der Waals surface area contributed by atoms with Crippen LogP contribution >= 0.6 is 0 Å². The molecule has 0 aromatic rings. The molecule has 1 aliphatic carbocycles. The number of nitrogens with two attached hydrogens (primary N) is 1. The van der Waals surface area contributed by atoms with Crippen molar-refractivity contribution >= 4 is 0 Å². The summed E-state index contributed by atoms with van der Waals surface area (Å²) in [6, 6.07) is 0. The van der Waals surface area contributed by atoms with Gasteiger partial charge in [-0.25, -0.2) is 0 Å². The Kier molecular flexibility index (Phi) is 1.80. The Hall–Kier alpha value is -0.0400. The Morgan fingerprint density at radius 3 is 2.00 bits per heavy atom. The van der Waals surface area contributed by atoms with E-state index in [1.54, 1.807) is 0 Å². The third-order valence-corrected chi connectivity index (χ3v) is 2.44.